The standard InChI is InChI=1S/C43H42N2O4/c1-30(24-25-44-41(46)48-39-26-35-16-6-4-12-31(35)20-22-33-14-8-10-18-37(33)39)28-43(2,3)29-45-42(47)49-40-27-36-17-7-5-13-32(36)21-23-34-15-9-11-19-38(34)40/h4-19,30,39-40H,24-29H2,1-3H3,(H,44,46)(H,45,47). The largest absolute Gasteiger partial charge is 0.441 e. The third kappa shape index (κ3) is 8.72. The smallest absolute Gasteiger partial charge is 0.407 e. The molecule has 2 N–H and O–H groups in total. The van der Waals surface area contributed by atoms with Gasteiger partial charge < -0.3 is 20.1 Å². The zero-order chi connectivity index (χ0) is 34.2. The third-order valence-corrected chi connectivity index (χ3v) is 9.14. The number of alkyl carbamates (subject to hydrolysis) is 2. The predicted molar refractivity (Wildman–Crippen MR) is 192 cm³/mol. The van der Waals surface area contributed by atoms with E-state index in [1.807, 2.05) is 97.1 Å². The normalized spacial score (nSPS) is 16.3. The zero-order valence-electron chi connectivity index (χ0n) is 28.3. The van der Waals surface area contributed by atoms with E-state index < -0.39 is 24.4 Å². The second-order valence-corrected chi connectivity index (χ2v) is 13.7. The van der Waals surface area contributed by atoms with Crippen molar-refractivity contribution in [1.82, 2.24) is 10.6 Å². The van der Waals surface area contributed by atoms with Crippen molar-refractivity contribution in [3.63, 3.8) is 0 Å². The summed E-state index contributed by atoms with van der Waals surface area (Å²) in [5.41, 5.74) is 7.41. The lowest BCUT2D eigenvalue weighted by atomic mass is 9.82. The molecule has 2 aliphatic carbocycles. The molecular formula is C43H42N2O4. The molecule has 6 nitrogen and oxygen atoms in total. The first-order valence-corrected chi connectivity index (χ1v) is 17.0. The van der Waals surface area contributed by atoms with Gasteiger partial charge in [0.15, 0.2) is 0 Å². The van der Waals surface area contributed by atoms with Crippen LogP contribution in [0.25, 0.3) is 0 Å². The fourth-order valence-corrected chi connectivity index (χ4v) is 6.71. The summed E-state index contributed by atoms with van der Waals surface area (Å²) in [6.45, 7) is 7.38. The number of fused-ring (bicyclic) bond motifs is 4. The molecule has 6 rings (SSSR count). The molecule has 248 valence electrons. The van der Waals surface area contributed by atoms with Crippen LogP contribution < -0.4 is 10.6 Å². The monoisotopic (exact) mass is 650 g/mol. The summed E-state index contributed by atoms with van der Waals surface area (Å²) in [5, 5.41) is 5.98. The van der Waals surface area contributed by atoms with Crippen LogP contribution in [0.4, 0.5) is 9.59 Å². The number of hydrogen-bond donors (Lipinski definition) is 2. The minimum absolute atomic E-state index is 0.188. The molecule has 4 aromatic rings. The van der Waals surface area contributed by atoms with Crippen molar-refractivity contribution >= 4 is 12.2 Å². The lowest BCUT2D eigenvalue weighted by molar-refractivity contribution is 0.0921. The van der Waals surface area contributed by atoms with Gasteiger partial charge in [-0.2, -0.15) is 0 Å². The average molecular weight is 651 g/mol. The Morgan fingerprint density at radius 1 is 0.673 bits per heavy atom. The predicted octanol–water partition coefficient (Wildman–Crippen LogP) is 8.28. The summed E-state index contributed by atoms with van der Waals surface area (Å²) >= 11 is 0. The molecule has 4 aromatic carbocycles. The number of carbonyl (C=O) groups excluding carboxylic acids is 2. The molecule has 2 aliphatic rings. The van der Waals surface area contributed by atoms with Gasteiger partial charge in [0, 0.05) is 59.3 Å². The van der Waals surface area contributed by atoms with Gasteiger partial charge in [-0.05, 0) is 59.6 Å². The molecule has 0 radical (unpaired) electrons. The van der Waals surface area contributed by atoms with Gasteiger partial charge in [0.2, 0.25) is 0 Å². The molecule has 0 heterocycles. The Morgan fingerprint density at radius 3 is 1.63 bits per heavy atom. The van der Waals surface area contributed by atoms with Crippen molar-refractivity contribution in [2.24, 2.45) is 11.3 Å². The highest BCUT2D eigenvalue weighted by Gasteiger charge is 2.26. The Morgan fingerprint density at radius 2 is 1.10 bits per heavy atom. The number of hydrogen-bond acceptors (Lipinski definition) is 4. The summed E-state index contributed by atoms with van der Waals surface area (Å²) in [5.74, 6) is 13.3. The second kappa shape index (κ2) is 15.2. The maximum atomic E-state index is 13.1. The van der Waals surface area contributed by atoms with E-state index in [2.05, 4.69) is 55.1 Å². The van der Waals surface area contributed by atoms with E-state index in [1.54, 1.807) is 0 Å². The fourth-order valence-electron chi connectivity index (χ4n) is 6.71. The Hall–Kier alpha value is -5.46. The average Bonchev–Trinajstić information content (AvgIpc) is 3.08. The molecule has 0 spiro atoms. The van der Waals surface area contributed by atoms with Crippen LogP contribution in [0.3, 0.4) is 0 Å². The number of ether oxygens (including phenoxy) is 2. The van der Waals surface area contributed by atoms with Gasteiger partial charge in [-0.25, -0.2) is 9.59 Å². The highest BCUT2D eigenvalue weighted by molar-refractivity contribution is 5.68. The molecule has 49 heavy (non-hydrogen) atoms. The summed E-state index contributed by atoms with van der Waals surface area (Å²) in [7, 11) is 0. The van der Waals surface area contributed by atoms with Gasteiger partial charge in [-0.1, -0.05) is 117 Å². The second-order valence-electron chi connectivity index (χ2n) is 13.7. The van der Waals surface area contributed by atoms with Crippen molar-refractivity contribution in [2.75, 3.05) is 13.1 Å². The minimum Gasteiger partial charge on any atom is -0.441 e. The van der Waals surface area contributed by atoms with Crippen molar-refractivity contribution in [1.29, 1.82) is 0 Å². The van der Waals surface area contributed by atoms with E-state index in [1.165, 1.54) is 0 Å². The quantitative estimate of drug-likeness (QED) is 0.179. The van der Waals surface area contributed by atoms with E-state index in [9.17, 15) is 9.59 Å². The lowest BCUT2D eigenvalue weighted by Crippen LogP contribution is -2.36. The van der Waals surface area contributed by atoms with E-state index in [4.69, 9.17) is 9.47 Å². The molecule has 3 atom stereocenters. The van der Waals surface area contributed by atoms with Gasteiger partial charge in [0.05, 0.1) is 0 Å². The Balaban J connectivity index is 0.981. The van der Waals surface area contributed by atoms with E-state index in [0.29, 0.717) is 31.8 Å². The molecule has 2 amide bonds. The van der Waals surface area contributed by atoms with Crippen LogP contribution in [0.15, 0.2) is 97.1 Å². The van der Waals surface area contributed by atoms with Crippen LogP contribution in [-0.4, -0.2) is 25.3 Å². The minimum atomic E-state index is -0.446. The highest BCUT2D eigenvalue weighted by atomic mass is 16.6. The van der Waals surface area contributed by atoms with Crippen LogP contribution in [0.2, 0.25) is 0 Å². The van der Waals surface area contributed by atoms with Crippen molar-refractivity contribution in [3.8, 4) is 23.7 Å². The molecule has 0 aromatic heterocycles. The molecule has 6 heteroatoms. The van der Waals surface area contributed by atoms with Gasteiger partial charge in [0.25, 0.3) is 0 Å². The number of benzene rings is 4. The molecule has 0 aliphatic heterocycles. The number of amides is 2. The van der Waals surface area contributed by atoms with E-state index in [0.717, 1.165) is 57.3 Å². The summed E-state index contributed by atoms with van der Waals surface area (Å²) in [4.78, 5) is 26.1. The third-order valence-electron chi connectivity index (χ3n) is 9.14. The van der Waals surface area contributed by atoms with Crippen LogP contribution in [-0.2, 0) is 22.3 Å². The SMILES string of the molecule is CC(CCNC(=O)OC1Cc2ccccc2C#Cc2ccccc21)CC(C)(C)CNC(=O)OC1Cc2ccccc2C#Cc2ccccc21. The molecule has 3 unspecified atom stereocenters. The number of rotatable bonds is 9. The first-order valence-electron chi connectivity index (χ1n) is 17.0. The Labute approximate surface area is 289 Å². The molecule has 0 saturated heterocycles. The molecule has 0 saturated carbocycles. The van der Waals surface area contributed by atoms with Crippen molar-refractivity contribution in [2.45, 2.75) is 58.7 Å². The van der Waals surface area contributed by atoms with Crippen LogP contribution in [0, 0.1) is 35.0 Å². The maximum absolute atomic E-state index is 13.1. The summed E-state index contributed by atoms with van der Waals surface area (Å²) in [6, 6.07) is 31.7. The number of nitrogens with one attached hydrogen (secondary N) is 2. The fraction of sp³-hybridized carbons (Fsp3) is 0.302. The van der Waals surface area contributed by atoms with Crippen LogP contribution in [0.5, 0.6) is 0 Å². The summed E-state index contributed by atoms with van der Waals surface area (Å²) < 4.78 is 12.0. The zero-order valence-corrected chi connectivity index (χ0v) is 28.3. The number of carbonyl (C=O) groups is 2. The molecule has 0 fully saturated rings. The van der Waals surface area contributed by atoms with Gasteiger partial charge in [-0.15, -0.1) is 0 Å². The van der Waals surface area contributed by atoms with Gasteiger partial charge >= 0.3 is 12.2 Å². The van der Waals surface area contributed by atoms with Crippen LogP contribution in [0.1, 0.15) is 90.3 Å². The van der Waals surface area contributed by atoms with Crippen LogP contribution >= 0.6 is 0 Å². The molecular weight excluding hydrogens is 608 g/mol. The van der Waals surface area contributed by atoms with Crippen molar-refractivity contribution < 1.29 is 19.1 Å². The van der Waals surface area contributed by atoms with E-state index >= 15 is 0 Å². The Kier molecular flexibility index (Phi) is 10.4. The topological polar surface area (TPSA) is 76.7 Å². The van der Waals surface area contributed by atoms with Gasteiger partial charge in [-0.3, -0.25) is 0 Å². The molecule has 0 bridgehead atoms. The van der Waals surface area contributed by atoms with Crippen molar-refractivity contribution in [3.05, 3.63) is 142 Å². The first-order chi connectivity index (χ1) is 23.7. The van der Waals surface area contributed by atoms with Gasteiger partial charge in [0.1, 0.15) is 12.2 Å². The highest BCUT2D eigenvalue weighted by Crippen LogP contribution is 2.31. The first kappa shape index (κ1) is 33.4. The summed E-state index contributed by atoms with van der Waals surface area (Å²) in [6.07, 6.45) is 0.976. The maximum Gasteiger partial charge on any atom is 0.407 e. The van der Waals surface area contributed by atoms with E-state index in [-0.39, 0.29) is 5.41 Å². The Bertz CT molecular complexity index is 1960. The lowest BCUT2D eigenvalue weighted by Gasteiger charge is -2.29.